The number of ether oxygens (including phenoxy) is 1. The van der Waals surface area contributed by atoms with Gasteiger partial charge < -0.3 is 15.0 Å². The molecule has 2 heterocycles. The number of benzene rings is 1. The zero-order valence-corrected chi connectivity index (χ0v) is 18.8. The average Bonchev–Trinajstić information content (AvgIpc) is 3.51. The largest absolute Gasteiger partial charge is 0.494 e. The summed E-state index contributed by atoms with van der Waals surface area (Å²) in [5, 5.41) is 4.02. The van der Waals surface area contributed by atoms with Crippen molar-refractivity contribution in [2.45, 2.75) is 51.1 Å². The SMILES string of the molecule is O=C(Nc1c[nH]c2ccc(OCC[C@@H]3C[C@@H]4CN(CC(F)(F)F)C[C@@H]4C3)cc12)C1CCCC1. The van der Waals surface area contributed by atoms with E-state index in [1.807, 2.05) is 24.4 Å². The highest BCUT2D eigenvalue weighted by Gasteiger charge is 2.43. The zero-order valence-electron chi connectivity index (χ0n) is 18.8. The Kier molecular flexibility index (Phi) is 6.29. The van der Waals surface area contributed by atoms with E-state index in [0.29, 0.717) is 37.5 Å². The van der Waals surface area contributed by atoms with E-state index in [2.05, 4.69) is 10.3 Å². The van der Waals surface area contributed by atoms with E-state index in [1.165, 1.54) is 0 Å². The van der Waals surface area contributed by atoms with Crippen molar-refractivity contribution in [3.63, 3.8) is 0 Å². The lowest BCUT2D eigenvalue weighted by Crippen LogP contribution is -2.33. The second kappa shape index (κ2) is 9.20. The Labute approximate surface area is 192 Å². The number of aromatic nitrogens is 1. The topological polar surface area (TPSA) is 57.4 Å². The molecule has 0 radical (unpaired) electrons. The van der Waals surface area contributed by atoms with Gasteiger partial charge in [0.05, 0.1) is 18.8 Å². The summed E-state index contributed by atoms with van der Waals surface area (Å²) in [5.41, 5.74) is 1.75. The first-order chi connectivity index (χ1) is 15.8. The van der Waals surface area contributed by atoms with Crippen molar-refractivity contribution in [3.8, 4) is 5.75 Å². The molecule has 8 heteroatoms. The van der Waals surface area contributed by atoms with Crippen molar-refractivity contribution >= 4 is 22.5 Å². The van der Waals surface area contributed by atoms with Gasteiger partial charge in [-0.05, 0) is 68.1 Å². The molecule has 1 saturated heterocycles. The summed E-state index contributed by atoms with van der Waals surface area (Å²) >= 11 is 0. The summed E-state index contributed by atoms with van der Waals surface area (Å²) in [6.07, 6.45) is 4.82. The third kappa shape index (κ3) is 5.31. The van der Waals surface area contributed by atoms with Gasteiger partial charge in [-0.25, -0.2) is 0 Å². The molecular formula is C25H32F3N3O2. The van der Waals surface area contributed by atoms with Crippen LogP contribution < -0.4 is 10.1 Å². The van der Waals surface area contributed by atoms with Crippen molar-refractivity contribution < 1.29 is 22.7 Å². The van der Waals surface area contributed by atoms with Crippen LogP contribution in [0.2, 0.25) is 0 Å². The lowest BCUT2D eigenvalue weighted by atomic mass is 10.0. The Bertz CT molecular complexity index is 969. The molecule has 3 aliphatic rings. The number of aromatic amines is 1. The van der Waals surface area contributed by atoms with E-state index < -0.39 is 12.7 Å². The molecule has 1 aromatic heterocycles. The predicted octanol–water partition coefficient (Wildman–Crippen LogP) is 5.59. The van der Waals surface area contributed by atoms with Crippen LogP contribution in [-0.4, -0.2) is 48.2 Å². The van der Waals surface area contributed by atoms with Gasteiger partial charge in [-0.1, -0.05) is 12.8 Å². The number of alkyl halides is 3. The number of carbonyl (C=O) groups excluding carboxylic acids is 1. The number of rotatable bonds is 7. The van der Waals surface area contributed by atoms with E-state index in [9.17, 15) is 18.0 Å². The minimum absolute atomic E-state index is 0.0975. The number of amides is 1. The Morgan fingerprint density at radius 2 is 1.88 bits per heavy atom. The number of hydrogen-bond donors (Lipinski definition) is 2. The van der Waals surface area contributed by atoms with Crippen LogP contribution in [0.5, 0.6) is 5.75 Å². The fraction of sp³-hybridized carbons (Fsp3) is 0.640. The Morgan fingerprint density at radius 1 is 1.15 bits per heavy atom. The number of nitrogens with one attached hydrogen (secondary N) is 2. The zero-order chi connectivity index (χ0) is 23.0. The molecule has 180 valence electrons. The number of anilines is 1. The molecule has 1 aromatic carbocycles. The van der Waals surface area contributed by atoms with Gasteiger partial charge in [0.15, 0.2) is 0 Å². The van der Waals surface area contributed by atoms with Crippen molar-refractivity contribution in [2.24, 2.45) is 23.7 Å². The number of likely N-dealkylation sites (tertiary alicyclic amines) is 1. The molecule has 1 amide bonds. The molecular weight excluding hydrogens is 431 g/mol. The second-order valence-electron chi connectivity index (χ2n) is 10.2. The average molecular weight is 464 g/mol. The van der Waals surface area contributed by atoms with Crippen LogP contribution in [0.15, 0.2) is 24.4 Å². The van der Waals surface area contributed by atoms with Crippen molar-refractivity contribution in [3.05, 3.63) is 24.4 Å². The van der Waals surface area contributed by atoms with Gasteiger partial charge in [-0.3, -0.25) is 9.69 Å². The van der Waals surface area contributed by atoms with Crippen LogP contribution in [-0.2, 0) is 4.79 Å². The third-order valence-corrected chi connectivity index (χ3v) is 7.76. The van der Waals surface area contributed by atoms with Crippen LogP contribution in [0.4, 0.5) is 18.9 Å². The normalized spacial score (nSPS) is 26.2. The molecule has 2 saturated carbocycles. The standard InChI is InChI=1S/C25H32F3N3O2/c26-25(27,28)15-31-13-18-9-16(10-19(18)14-31)7-8-33-20-5-6-22-21(11-20)23(12-29-22)30-24(32)17-3-1-2-4-17/h5-6,11-12,16-19,29H,1-4,7-10,13-15H2,(H,30,32)/t16-,18-,19+. The number of fused-ring (bicyclic) bond motifs is 2. The predicted molar refractivity (Wildman–Crippen MR) is 121 cm³/mol. The van der Waals surface area contributed by atoms with E-state index >= 15 is 0 Å². The first-order valence-electron chi connectivity index (χ1n) is 12.2. The van der Waals surface area contributed by atoms with Crippen molar-refractivity contribution in [2.75, 3.05) is 31.6 Å². The molecule has 3 fully saturated rings. The first-order valence-corrected chi connectivity index (χ1v) is 12.2. The van der Waals surface area contributed by atoms with Gasteiger partial charge in [-0.2, -0.15) is 13.2 Å². The maximum Gasteiger partial charge on any atom is 0.401 e. The fourth-order valence-electron chi connectivity index (χ4n) is 6.20. The summed E-state index contributed by atoms with van der Waals surface area (Å²) in [4.78, 5) is 17.3. The minimum Gasteiger partial charge on any atom is -0.494 e. The van der Waals surface area contributed by atoms with Gasteiger partial charge in [-0.15, -0.1) is 0 Å². The summed E-state index contributed by atoms with van der Waals surface area (Å²) in [6.45, 7) is 0.955. The number of halogens is 3. The highest BCUT2D eigenvalue weighted by molar-refractivity contribution is 6.02. The number of H-pyrrole nitrogens is 1. The molecule has 2 N–H and O–H groups in total. The van der Waals surface area contributed by atoms with Crippen LogP contribution in [0.1, 0.15) is 44.9 Å². The first kappa shape index (κ1) is 22.6. The fourth-order valence-corrected chi connectivity index (χ4v) is 6.20. The summed E-state index contributed by atoms with van der Waals surface area (Å²) in [7, 11) is 0. The van der Waals surface area contributed by atoms with Crippen LogP contribution in [0.25, 0.3) is 10.9 Å². The molecule has 2 aliphatic carbocycles. The number of hydrogen-bond acceptors (Lipinski definition) is 3. The molecule has 33 heavy (non-hydrogen) atoms. The van der Waals surface area contributed by atoms with Crippen LogP contribution in [0.3, 0.4) is 0 Å². The lowest BCUT2D eigenvalue weighted by Gasteiger charge is -2.20. The maximum atomic E-state index is 12.6. The Hall–Kier alpha value is -2.22. The molecule has 0 bridgehead atoms. The van der Waals surface area contributed by atoms with E-state index in [4.69, 9.17) is 4.74 Å². The van der Waals surface area contributed by atoms with Gasteiger partial charge >= 0.3 is 6.18 Å². The van der Waals surface area contributed by atoms with Crippen LogP contribution >= 0.6 is 0 Å². The number of carbonyl (C=O) groups is 1. The molecule has 0 unspecified atom stereocenters. The quantitative estimate of drug-likeness (QED) is 0.563. The summed E-state index contributed by atoms with van der Waals surface area (Å²) in [5.74, 6) is 2.28. The van der Waals surface area contributed by atoms with E-state index in [0.717, 1.165) is 67.3 Å². The van der Waals surface area contributed by atoms with Crippen molar-refractivity contribution in [1.82, 2.24) is 9.88 Å². The molecule has 1 aliphatic heterocycles. The van der Waals surface area contributed by atoms with E-state index in [-0.39, 0.29) is 11.8 Å². The molecule has 5 rings (SSSR count). The smallest absolute Gasteiger partial charge is 0.401 e. The van der Waals surface area contributed by atoms with Crippen LogP contribution in [0, 0.1) is 23.7 Å². The van der Waals surface area contributed by atoms with Crippen molar-refractivity contribution in [1.29, 1.82) is 0 Å². The minimum atomic E-state index is -4.11. The highest BCUT2D eigenvalue weighted by atomic mass is 19.4. The third-order valence-electron chi connectivity index (χ3n) is 7.76. The second-order valence-corrected chi connectivity index (χ2v) is 10.2. The summed E-state index contributed by atoms with van der Waals surface area (Å²) < 4.78 is 44.0. The maximum absolute atomic E-state index is 12.6. The highest BCUT2D eigenvalue weighted by Crippen LogP contribution is 2.43. The molecule has 0 spiro atoms. The lowest BCUT2D eigenvalue weighted by molar-refractivity contribution is -0.144. The van der Waals surface area contributed by atoms with Gasteiger partial charge in [0.25, 0.3) is 0 Å². The van der Waals surface area contributed by atoms with Gasteiger partial charge in [0.1, 0.15) is 5.75 Å². The molecule has 3 atom stereocenters. The molecule has 2 aromatic rings. The van der Waals surface area contributed by atoms with Gasteiger partial charge in [0.2, 0.25) is 5.91 Å². The molecule has 5 nitrogen and oxygen atoms in total. The summed E-state index contributed by atoms with van der Waals surface area (Å²) in [6, 6.07) is 5.86. The van der Waals surface area contributed by atoms with E-state index in [1.54, 1.807) is 4.90 Å². The Morgan fingerprint density at radius 3 is 2.58 bits per heavy atom. The van der Waals surface area contributed by atoms with Gasteiger partial charge in [0, 0.05) is 36.1 Å². The monoisotopic (exact) mass is 463 g/mol. The Balaban J connectivity index is 1.11. The number of nitrogens with zero attached hydrogens (tertiary/aromatic N) is 1.